The van der Waals surface area contributed by atoms with Crippen molar-refractivity contribution in [2.75, 3.05) is 13.1 Å². The zero-order chi connectivity index (χ0) is 13.5. The van der Waals surface area contributed by atoms with Gasteiger partial charge in [-0.3, -0.25) is 0 Å². The molecule has 0 aromatic carbocycles. The van der Waals surface area contributed by atoms with Gasteiger partial charge in [0.25, 0.3) is 5.92 Å². The Balaban J connectivity index is 1.89. The van der Waals surface area contributed by atoms with Gasteiger partial charge in [0, 0.05) is 24.0 Å². The van der Waals surface area contributed by atoms with E-state index in [0.29, 0.717) is 23.8 Å². The summed E-state index contributed by atoms with van der Waals surface area (Å²) in [5.41, 5.74) is 0.596. The third-order valence-corrected chi connectivity index (χ3v) is 3.71. The largest absolute Gasteiger partial charge is 0.331 e. The van der Waals surface area contributed by atoms with Crippen molar-refractivity contribution in [3.63, 3.8) is 0 Å². The third-order valence-electron chi connectivity index (χ3n) is 3.52. The fourth-order valence-electron chi connectivity index (χ4n) is 2.46. The van der Waals surface area contributed by atoms with Gasteiger partial charge < -0.3 is 9.88 Å². The lowest BCUT2D eigenvalue weighted by Crippen LogP contribution is -2.47. The quantitative estimate of drug-likeness (QED) is 0.921. The van der Waals surface area contributed by atoms with Crippen LogP contribution in [0.2, 0.25) is 5.15 Å². The first-order valence-corrected chi connectivity index (χ1v) is 6.51. The summed E-state index contributed by atoms with van der Waals surface area (Å²) in [6, 6.07) is 3.50. The molecule has 102 valence electrons. The Bertz CT molecular complexity index is 598. The zero-order valence-corrected chi connectivity index (χ0v) is 10.9. The van der Waals surface area contributed by atoms with E-state index in [1.54, 1.807) is 16.8 Å². The molecular weight excluding hydrogens is 274 g/mol. The molecule has 2 aromatic rings. The van der Waals surface area contributed by atoms with Crippen LogP contribution in [0.5, 0.6) is 0 Å². The molecule has 0 aliphatic carbocycles. The Hall–Kier alpha value is -1.27. The van der Waals surface area contributed by atoms with E-state index in [2.05, 4.69) is 15.5 Å². The van der Waals surface area contributed by atoms with Gasteiger partial charge in [0.15, 0.2) is 10.8 Å². The number of alkyl halides is 2. The molecular formula is C12H13ClF2N4. The summed E-state index contributed by atoms with van der Waals surface area (Å²) < 4.78 is 29.3. The molecule has 3 rings (SSSR count). The summed E-state index contributed by atoms with van der Waals surface area (Å²) in [6.45, 7) is 0.611. The van der Waals surface area contributed by atoms with Crippen LogP contribution in [0.25, 0.3) is 11.0 Å². The van der Waals surface area contributed by atoms with E-state index in [1.807, 2.05) is 6.07 Å². The normalized spacial score (nSPS) is 22.8. The van der Waals surface area contributed by atoms with Gasteiger partial charge in [-0.15, -0.1) is 10.2 Å². The summed E-state index contributed by atoms with van der Waals surface area (Å²) in [5, 5.41) is 11.6. The molecule has 0 bridgehead atoms. The number of nitrogens with one attached hydrogen (secondary N) is 1. The second kappa shape index (κ2) is 4.68. The highest BCUT2D eigenvalue weighted by molar-refractivity contribution is 6.29. The molecule has 0 saturated carbocycles. The Morgan fingerprint density at radius 2 is 2.32 bits per heavy atom. The minimum absolute atomic E-state index is 0.245. The van der Waals surface area contributed by atoms with Gasteiger partial charge >= 0.3 is 0 Å². The van der Waals surface area contributed by atoms with E-state index >= 15 is 0 Å². The first-order valence-electron chi connectivity index (χ1n) is 6.13. The number of piperidine rings is 1. The lowest BCUT2D eigenvalue weighted by Gasteiger charge is -2.32. The molecule has 1 atom stereocenters. The Labute approximate surface area is 113 Å². The molecule has 1 fully saturated rings. The van der Waals surface area contributed by atoms with Crippen molar-refractivity contribution in [2.45, 2.75) is 18.9 Å². The van der Waals surface area contributed by atoms with Gasteiger partial charge in [0.1, 0.15) is 0 Å². The number of fused-ring (bicyclic) bond motifs is 1. The van der Waals surface area contributed by atoms with E-state index in [-0.39, 0.29) is 13.1 Å². The number of rotatable bonds is 2. The topological polar surface area (TPSA) is 42.7 Å². The summed E-state index contributed by atoms with van der Waals surface area (Å²) >= 11 is 5.75. The number of aromatic nitrogens is 3. The lowest BCUT2D eigenvalue weighted by molar-refractivity contribution is -0.0784. The number of nitrogens with zero attached hydrogens (tertiary/aromatic N) is 3. The van der Waals surface area contributed by atoms with Crippen LogP contribution in [-0.4, -0.2) is 33.8 Å². The standard InChI is InChI=1S/C12H13ClF2N4/c13-10-5-8-2-4-19(11(8)18-17-10)6-9-1-3-16-7-12(9,14)15/h2,4-5,9,16H,1,3,6-7H2. The zero-order valence-electron chi connectivity index (χ0n) is 10.1. The molecule has 19 heavy (non-hydrogen) atoms. The van der Waals surface area contributed by atoms with Crippen LogP contribution in [-0.2, 0) is 6.54 Å². The van der Waals surface area contributed by atoms with Gasteiger partial charge in [-0.25, -0.2) is 8.78 Å². The van der Waals surface area contributed by atoms with Gasteiger partial charge in [-0.2, -0.15) is 0 Å². The van der Waals surface area contributed by atoms with E-state index in [1.165, 1.54) is 0 Å². The maximum atomic E-state index is 13.8. The van der Waals surface area contributed by atoms with Crippen molar-refractivity contribution in [1.29, 1.82) is 0 Å². The highest BCUT2D eigenvalue weighted by atomic mass is 35.5. The molecule has 1 aliphatic heterocycles. The molecule has 4 nitrogen and oxygen atoms in total. The Morgan fingerprint density at radius 3 is 3.11 bits per heavy atom. The average molecular weight is 287 g/mol. The summed E-state index contributed by atoms with van der Waals surface area (Å²) in [4.78, 5) is 0. The van der Waals surface area contributed by atoms with Gasteiger partial charge in [-0.05, 0) is 25.1 Å². The molecule has 3 heterocycles. The monoisotopic (exact) mass is 286 g/mol. The molecule has 1 aliphatic rings. The third kappa shape index (κ3) is 2.42. The highest BCUT2D eigenvalue weighted by Crippen LogP contribution is 2.31. The predicted molar refractivity (Wildman–Crippen MR) is 68.5 cm³/mol. The molecule has 0 amide bonds. The SMILES string of the molecule is FC1(F)CNCCC1Cn1ccc2cc(Cl)nnc21. The second-order valence-corrected chi connectivity index (χ2v) is 5.22. The maximum absolute atomic E-state index is 13.8. The molecule has 1 saturated heterocycles. The minimum Gasteiger partial charge on any atom is -0.331 e. The molecule has 7 heteroatoms. The fourth-order valence-corrected chi connectivity index (χ4v) is 2.61. The van der Waals surface area contributed by atoms with Gasteiger partial charge in [-0.1, -0.05) is 11.6 Å². The highest BCUT2D eigenvalue weighted by Gasteiger charge is 2.41. The van der Waals surface area contributed by atoms with E-state index in [0.717, 1.165) is 5.39 Å². The van der Waals surface area contributed by atoms with Crippen molar-refractivity contribution >= 4 is 22.6 Å². The van der Waals surface area contributed by atoms with E-state index < -0.39 is 11.8 Å². The maximum Gasteiger partial charge on any atom is 0.264 e. The lowest BCUT2D eigenvalue weighted by atomic mass is 9.94. The number of hydrogen-bond acceptors (Lipinski definition) is 3. The summed E-state index contributed by atoms with van der Waals surface area (Å²) in [5.74, 6) is -3.36. The molecule has 1 N–H and O–H groups in total. The Morgan fingerprint density at radius 1 is 1.47 bits per heavy atom. The van der Waals surface area contributed by atoms with Crippen LogP contribution < -0.4 is 5.32 Å². The second-order valence-electron chi connectivity index (χ2n) is 4.84. The van der Waals surface area contributed by atoms with E-state index in [9.17, 15) is 8.78 Å². The van der Waals surface area contributed by atoms with Gasteiger partial charge in [0.2, 0.25) is 0 Å². The first kappa shape index (κ1) is 12.7. The van der Waals surface area contributed by atoms with Crippen LogP contribution >= 0.6 is 11.6 Å². The average Bonchev–Trinajstić information content (AvgIpc) is 2.74. The number of halogens is 3. The van der Waals surface area contributed by atoms with Crippen LogP contribution in [0.4, 0.5) is 8.78 Å². The summed E-state index contributed by atoms with van der Waals surface area (Å²) in [7, 11) is 0. The van der Waals surface area contributed by atoms with Crippen molar-refractivity contribution in [3.8, 4) is 0 Å². The van der Waals surface area contributed by atoms with Crippen molar-refractivity contribution < 1.29 is 8.78 Å². The predicted octanol–water partition coefficient (Wildman–Crippen LogP) is 2.33. The molecule has 1 unspecified atom stereocenters. The van der Waals surface area contributed by atoms with Crippen LogP contribution in [0.1, 0.15) is 6.42 Å². The minimum atomic E-state index is -2.69. The Kier molecular flexibility index (Phi) is 3.14. The molecule has 0 radical (unpaired) electrons. The first-order chi connectivity index (χ1) is 9.06. The van der Waals surface area contributed by atoms with Crippen molar-refractivity contribution in [1.82, 2.24) is 20.1 Å². The van der Waals surface area contributed by atoms with E-state index in [4.69, 9.17) is 11.6 Å². The summed E-state index contributed by atoms with van der Waals surface area (Å²) in [6.07, 6.45) is 2.21. The van der Waals surface area contributed by atoms with Crippen LogP contribution in [0.3, 0.4) is 0 Å². The number of hydrogen-bond donors (Lipinski definition) is 1. The van der Waals surface area contributed by atoms with Gasteiger partial charge in [0.05, 0.1) is 6.54 Å². The van der Waals surface area contributed by atoms with Crippen LogP contribution in [0.15, 0.2) is 18.3 Å². The smallest absolute Gasteiger partial charge is 0.264 e. The van der Waals surface area contributed by atoms with Crippen molar-refractivity contribution in [2.24, 2.45) is 5.92 Å². The van der Waals surface area contributed by atoms with Crippen molar-refractivity contribution in [3.05, 3.63) is 23.5 Å². The fraction of sp³-hybridized carbons (Fsp3) is 0.500. The van der Waals surface area contributed by atoms with Crippen LogP contribution in [0, 0.1) is 5.92 Å². The molecule has 2 aromatic heterocycles. The molecule has 0 spiro atoms.